The molecule has 8 heteroatoms. The average molecular weight is 443 g/mol. The lowest BCUT2D eigenvalue weighted by atomic mass is 10.0. The van der Waals surface area contributed by atoms with Gasteiger partial charge in [0.25, 0.3) is 0 Å². The number of carbonyl (C=O) groups is 1. The van der Waals surface area contributed by atoms with Crippen molar-refractivity contribution < 1.29 is 14.3 Å². The number of carbonyl (C=O) groups excluding carboxylic acids is 1. The highest BCUT2D eigenvalue weighted by atomic mass is 32.1. The first-order valence-electron chi connectivity index (χ1n) is 10.8. The van der Waals surface area contributed by atoms with Gasteiger partial charge in [0.1, 0.15) is 16.7 Å². The largest absolute Gasteiger partial charge is 0.493 e. The lowest BCUT2D eigenvalue weighted by Gasteiger charge is -2.16. The summed E-state index contributed by atoms with van der Waals surface area (Å²) in [6.07, 6.45) is 5.50. The fourth-order valence-electron chi connectivity index (χ4n) is 3.01. The van der Waals surface area contributed by atoms with Gasteiger partial charge in [-0.25, -0.2) is 9.78 Å². The number of ether oxygens (including phenoxy) is 2. The molecule has 7 nitrogen and oxygen atoms in total. The Balaban J connectivity index is 2.12. The second-order valence-corrected chi connectivity index (χ2v) is 8.06. The predicted molar refractivity (Wildman–Crippen MR) is 122 cm³/mol. The zero-order valence-corrected chi connectivity index (χ0v) is 19.5. The lowest BCUT2D eigenvalue weighted by Crippen LogP contribution is -2.11. The van der Waals surface area contributed by atoms with Crippen molar-refractivity contribution in [1.82, 2.24) is 4.98 Å². The minimum absolute atomic E-state index is 0.0173. The topological polar surface area (TPSA) is 96.9 Å². The summed E-state index contributed by atoms with van der Waals surface area (Å²) in [4.78, 5) is 16.2. The number of unbranched alkanes of at least 4 members (excludes halogenated alkanes) is 1. The second-order valence-electron chi connectivity index (χ2n) is 7.08. The maximum Gasteiger partial charge on any atom is 0.359 e. The Hall–Kier alpha value is -2.79. The summed E-state index contributed by atoms with van der Waals surface area (Å²) in [7, 11) is 0. The van der Waals surface area contributed by atoms with Gasteiger partial charge < -0.3 is 9.47 Å². The Morgan fingerprint density at radius 2 is 2.06 bits per heavy atom. The number of nitriles is 1. The normalized spacial score (nSPS) is 12.0. The molecule has 0 bridgehead atoms. The molecule has 1 unspecified atom stereocenters. The molecule has 1 atom stereocenters. The number of esters is 1. The van der Waals surface area contributed by atoms with E-state index in [1.54, 1.807) is 6.92 Å². The van der Waals surface area contributed by atoms with Crippen molar-refractivity contribution in [2.45, 2.75) is 59.8 Å². The van der Waals surface area contributed by atoms with Gasteiger partial charge in [-0.3, -0.25) is 0 Å². The first-order valence-corrected chi connectivity index (χ1v) is 11.6. The number of benzene rings is 1. The standard InChI is InChI=1S/C23H30N4O3S/c1-5-9-10-16(6-2)15-30-18-11-12-19(17(7-3)13-18)26-27-23-25-21(20(14-24)31-23)22(28)29-8-4/h11-13,16H,5-10,15H2,1-4H3. The van der Waals surface area contributed by atoms with Gasteiger partial charge in [-0.2, -0.15) is 5.26 Å². The minimum Gasteiger partial charge on any atom is -0.493 e. The molecule has 0 aliphatic carbocycles. The first kappa shape index (κ1) is 24.5. The SMILES string of the molecule is CCCCC(CC)COc1ccc(N=Nc2nc(C(=O)OCC)c(C#N)s2)c(CC)c1. The number of hydrogen-bond acceptors (Lipinski definition) is 8. The van der Waals surface area contributed by atoms with Gasteiger partial charge in [0.15, 0.2) is 5.69 Å². The summed E-state index contributed by atoms with van der Waals surface area (Å²) < 4.78 is 11.0. The molecule has 0 fully saturated rings. The van der Waals surface area contributed by atoms with Gasteiger partial charge in [-0.1, -0.05) is 51.4 Å². The van der Waals surface area contributed by atoms with Crippen LogP contribution in [-0.4, -0.2) is 24.2 Å². The number of aromatic nitrogens is 1. The van der Waals surface area contributed by atoms with Crippen molar-refractivity contribution in [2.75, 3.05) is 13.2 Å². The van der Waals surface area contributed by atoms with Gasteiger partial charge in [-0.05, 0) is 49.4 Å². The van der Waals surface area contributed by atoms with E-state index < -0.39 is 5.97 Å². The van der Waals surface area contributed by atoms with E-state index in [1.807, 2.05) is 31.2 Å². The minimum atomic E-state index is -0.628. The molecule has 2 rings (SSSR count). The molecule has 0 N–H and O–H groups in total. The van der Waals surface area contributed by atoms with Gasteiger partial charge in [0.2, 0.25) is 5.13 Å². The quantitative estimate of drug-likeness (QED) is 0.267. The molecular formula is C23H30N4O3S. The van der Waals surface area contributed by atoms with Crippen LogP contribution in [0.4, 0.5) is 10.8 Å². The van der Waals surface area contributed by atoms with Gasteiger partial charge in [-0.15, -0.1) is 10.2 Å². The zero-order valence-electron chi connectivity index (χ0n) is 18.7. The number of nitrogens with zero attached hydrogens (tertiary/aromatic N) is 4. The summed E-state index contributed by atoms with van der Waals surface area (Å²) in [6, 6.07) is 7.72. The van der Waals surface area contributed by atoms with Crippen molar-refractivity contribution in [3.05, 3.63) is 34.3 Å². The Labute approximate surface area is 188 Å². The van der Waals surface area contributed by atoms with Gasteiger partial charge in [0.05, 0.1) is 18.9 Å². The molecule has 1 heterocycles. The molecular weight excluding hydrogens is 412 g/mol. The van der Waals surface area contributed by atoms with Crippen LogP contribution >= 0.6 is 11.3 Å². The maximum absolute atomic E-state index is 11.9. The van der Waals surface area contributed by atoms with E-state index in [0.29, 0.717) is 18.2 Å². The number of thiazole rings is 1. The summed E-state index contributed by atoms with van der Waals surface area (Å²) in [5.41, 5.74) is 1.70. The second kappa shape index (κ2) is 12.8. The highest BCUT2D eigenvalue weighted by molar-refractivity contribution is 7.16. The van der Waals surface area contributed by atoms with Crippen LogP contribution in [0.5, 0.6) is 5.75 Å². The van der Waals surface area contributed by atoms with E-state index in [-0.39, 0.29) is 22.3 Å². The van der Waals surface area contributed by atoms with Crippen LogP contribution in [-0.2, 0) is 11.2 Å². The lowest BCUT2D eigenvalue weighted by molar-refractivity contribution is 0.0520. The number of azo groups is 1. The molecule has 0 spiro atoms. The van der Waals surface area contributed by atoms with E-state index in [1.165, 1.54) is 19.3 Å². The van der Waals surface area contributed by atoms with Crippen LogP contribution in [0.15, 0.2) is 28.4 Å². The average Bonchev–Trinajstić information content (AvgIpc) is 3.21. The van der Waals surface area contributed by atoms with E-state index in [0.717, 1.165) is 35.5 Å². The molecule has 1 aromatic carbocycles. The molecule has 1 aromatic heterocycles. The summed E-state index contributed by atoms with van der Waals surface area (Å²) in [5.74, 6) is 0.769. The van der Waals surface area contributed by atoms with Crippen molar-refractivity contribution in [1.29, 1.82) is 5.26 Å². The third-order valence-electron chi connectivity index (χ3n) is 4.89. The smallest absolute Gasteiger partial charge is 0.359 e. The van der Waals surface area contributed by atoms with Crippen LogP contribution < -0.4 is 4.74 Å². The van der Waals surface area contributed by atoms with Crippen molar-refractivity contribution in [3.63, 3.8) is 0 Å². The Bertz CT molecular complexity index is 933. The van der Waals surface area contributed by atoms with E-state index >= 15 is 0 Å². The fraction of sp³-hybridized carbons (Fsp3) is 0.522. The van der Waals surface area contributed by atoms with Crippen LogP contribution in [0.2, 0.25) is 0 Å². The van der Waals surface area contributed by atoms with Crippen molar-refractivity contribution in [3.8, 4) is 11.8 Å². The molecule has 0 amide bonds. The Kier molecular flexibility index (Phi) is 10.1. The third-order valence-corrected chi connectivity index (χ3v) is 5.73. The summed E-state index contributed by atoms with van der Waals surface area (Å²) in [6.45, 7) is 9.08. The molecule has 0 aliphatic heterocycles. The van der Waals surface area contributed by atoms with Gasteiger partial charge >= 0.3 is 5.97 Å². The molecule has 0 aliphatic rings. The van der Waals surface area contributed by atoms with Crippen molar-refractivity contribution in [2.24, 2.45) is 16.1 Å². The molecule has 0 radical (unpaired) electrons. The van der Waals surface area contributed by atoms with E-state index in [2.05, 4.69) is 29.1 Å². The Morgan fingerprint density at radius 1 is 1.26 bits per heavy atom. The molecule has 166 valence electrons. The Morgan fingerprint density at radius 3 is 2.71 bits per heavy atom. The van der Waals surface area contributed by atoms with Crippen LogP contribution in [0.3, 0.4) is 0 Å². The highest BCUT2D eigenvalue weighted by Gasteiger charge is 2.19. The zero-order chi connectivity index (χ0) is 22.6. The molecule has 31 heavy (non-hydrogen) atoms. The van der Waals surface area contributed by atoms with E-state index in [9.17, 15) is 10.1 Å². The number of aryl methyl sites for hydroxylation is 1. The monoisotopic (exact) mass is 442 g/mol. The predicted octanol–water partition coefficient (Wildman–Crippen LogP) is 6.76. The number of hydrogen-bond donors (Lipinski definition) is 0. The third kappa shape index (κ3) is 7.14. The van der Waals surface area contributed by atoms with Gasteiger partial charge in [0, 0.05) is 0 Å². The summed E-state index contributed by atoms with van der Waals surface area (Å²) in [5, 5.41) is 17.9. The van der Waals surface area contributed by atoms with E-state index in [4.69, 9.17) is 9.47 Å². The van der Waals surface area contributed by atoms with Crippen LogP contribution in [0, 0.1) is 17.2 Å². The fourth-order valence-corrected chi connectivity index (χ4v) is 3.68. The highest BCUT2D eigenvalue weighted by Crippen LogP contribution is 2.30. The van der Waals surface area contributed by atoms with Crippen molar-refractivity contribution >= 4 is 28.1 Å². The number of rotatable bonds is 12. The van der Waals surface area contributed by atoms with Crippen LogP contribution in [0.25, 0.3) is 0 Å². The molecule has 2 aromatic rings. The summed E-state index contributed by atoms with van der Waals surface area (Å²) >= 11 is 1.01. The molecule has 0 saturated heterocycles. The van der Waals surface area contributed by atoms with Crippen LogP contribution in [0.1, 0.15) is 74.3 Å². The maximum atomic E-state index is 11.9. The first-order chi connectivity index (χ1) is 15.1. The molecule has 0 saturated carbocycles.